The fourth-order valence-corrected chi connectivity index (χ4v) is 6.24. The molecule has 2 heterocycles. The molecule has 320 valence electrons. The van der Waals surface area contributed by atoms with Gasteiger partial charge in [-0.05, 0) is 44.9 Å². The van der Waals surface area contributed by atoms with Gasteiger partial charge in [-0.2, -0.15) is 0 Å². The normalized spacial score (nSPS) is 29.5. The summed E-state index contributed by atoms with van der Waals surface area (Å²) in [5.74, 6) is -0.394. The van der Waals surface area contributed by atoms with E-state index < -0.39 is 86.7 Å². The minimum absolute atomic E-state index is 0.0465. The van der Waals surface area contributed by atoms with E-state index in [9.17, 15) is 40.5 Å². The van der Waals surface area contributed by atoms with Gasteiger partial charge >= 0.3 is 5.97 Å². The number of hydrogen-bond acceptors (Lipinski definition) is 14. The van der Waals surface area contributed by atoms with Gasteiger partial charge in [0.15, 0.2) is 12.6 Å². The van der Waals surface area contributed by atoms with Crippen LogP contribution in [0.25, 0.3) is 0 Å². The fourth-order valence-electron chi connectivity index (χ4n) is 6.24. The van der Waals surface area contributed by atoms with Gasteiger partial charge in [-0.1, -0.05) is 102 Å². The van der Waals surface area contributed by atoms with Crippen molar-refractivity contribution < 1.29 is 69.0 Å². The van der Waals surface area contributed by atoms with E-state index in [2.05, 4.69) is 50.3 Å². The largest absolute Gasteiger partial charge is 0.457 e. The first-order valence-corrected chi connectivity index (χ1v) is 20.6. The fraction of sp³-hybridized carbons (Fsp3) is 0.829. The van der Waals surface area contributed by atoms with E-state index in [1.54, 1.807) is 0 Å². The molecule has 7 N–H and O–H groups in total. The van der Waals surface area contributed by atoms with Gasteiger partial charge in [0, 0.05) is 13.0 Å². The number of hydrogen-bond donors (Lipinski definition) is 7. The molecular weight excluding hydrogens is 716 g/mol. The number of allylic oxidation sites excluding steroid dienone is 6. The van der Waals surface area contributed by atoms with Crippen LogP contribution in [0.15, 0.2) is 36.5 Å². The van der Waals surface area contributed by atoms with Gasteiger partial charge in [0.25, 0.3) is 0 Å². The molecule has 55 heavy (non-hydrogen) atoms. The van der Waals surface area contributed by atoms with E-state index in [0.29, 0.717) is 13.0 Å². The minimum Gasteiger partial charge on any atom is -0.457 e. The van der Waals surface area contributed by atoms with Crippen molar-refractivity contribution in [2.24, 2.45) is 0 Å². The molecule has 0 aromatic rings. The second-order valence-electron chi connectivity index (χ2n) is 14.4. The highest BCUT2D eigenvalue weighted by Gasteiger charge is 2.47. The van der Waals surface area contributed by atoms with Crippen molar-refractivity contribution in [3.8, 4) is 0 Å². The summed E-state index contributed by atoms with van der Waals surface area (Å²) in [6, 6.07) is 0. The highest BCUT2D eigenvalue weighted by Crippen LogP contribution is 2.26. The predicted octanol–water partition coefficient (Wildman–Crippen LogP) is 3.51. The Labute approximate surface area is 328 Å². The molecule has 0 aromatic heterocycles. The Morgan fingerprint density at radius 1 is 0.618 bits per heavy atom. The lowest BCUT2D eigenvalue weighted by atomic mass is 9.98. The molecule has 0 aromatic carbocycles. The van der Waals surface area contributed by atoms with Gasteiger partial charge in [0.1, 0.15) is 54.9 Å². The van der Waals surface area contributed by atoms with Crippen molar-refractivity contribution in [2.45, 2.75) is 184 Å². The van der Waals surface area contributed by atoms with Gasteiger partial charge in [0.05, 0.1) is 26.4 Å². The molecule has 2 aliphatic rings. The third-order valence-electron chi connectivity index (χ3n) is 9.66. The van der Waals surface area contributed by atoms with Crippen LogP contribution in [0.3, 0.4) is 0 Å². The maximum Gasteiger partial charge on any atom is 0.306 e. The van der Waals surface area contributed by atoms with Crippen LogP contribution in [0, 0.1) is 0 Å². The van der Waals surface area contributed by atoms with Crippen LogP contribution in [-0.2, 0) is 33.2 Å². The van der Waals surface area contributed by atoms with E-state index in [4.69, 9.17) is 28.4 Å². The van der Waals surface area contributed by atoms with Gasteiger partial charge in [0.2, 0.25) is 0 Å². The summed E-state index contributed by atoms with van der Waals surface area (Å²) in [6.45, 7) is 3.43. The van der Waals surface area contributed by atoms with E-state index in [1.807, 2.05) is 0 Å². The lowest BCUT2D eigenvalue weighted by Gasteiger charge is -2.42. The lowest BCUT2D eigenvalue weighted by molar-refractivity contribution is -0.332. The van der Waals surface area contributed by atoms with Crippen molar-refractivity contribution in [1.29, 1.82) is 0 Å². The highest BCUT2D eigenvalue weighted by molar-refractivity contribution is 5.69. The van der Waals surface area contributed by atoms with Gasteiger partial charge < -0.3 is 64.2 Å². The summed E-state index contributed by atoms with van der Waals surface area (Å²) >= 11 is 0. The van der Waals surface area contributed by atoms with Crippen molar-refractivity contribution >= 4 is 5.97 Å². The summed E-state index contributed by atoms with van der Waals surface area (Å²) in [4.78, 5) is 12.8. The number of esters is 1. The van der Waals surface area contributed by atoms with Crippen molar-refractivity contribution in [1.82, 2.24) is 0 Å². The van der Waals surface area contributed by atoms with Gasteiger partial charge in [-0.25, -0.2) is 0 Å². The molecule has 2 rings (SSSR count). The number of aliphatic hydroxyl groups is 7. The number of carbonyl (C=O) groups excluding carboxylic acids is 1. The zero-order valence-corrected chi connectivity index (χ0v) is 33.2. The summed E-state index contributed by atoms with van der Waals surface area (Å²) in [6.07, 6.45) is 12.5. The molecular formula is C41H72O14. The van der Waals surface area contributed by atoms with E-state index in [0.717, 1.165) is 70.6 Å². The Morgan fingerprint density at radius 2 is 1.18 bits per heavy atom. The highest BCUT2D eigenvalue weighted by atomic mass is 16.7. The first kappa shape index (κ1) is 49.4. The molecule has 0 amide bonds. The lowest BCUT2D eigenvalue weighted by Crippen LogP contribution is -2.61. The van der Waals surface area contributed by atoms with Crippen molar-refractivity contribution in [2.75, 3.05) is 33.0 Å². The second-order valence-corrected chi connectivity index (χ2v) is 14.4. The first-order valence-electron chi connectivity index (χ1n) is 20.6. The van der Waals surface area contributed by atoms with E-state index in [-0.39, 0.29) is 19.6 Å². The van der Waals surface area contributed by atoms with Crippen molar-refractivity contribution in [3.05, 3.63) is 36.5 Å². The summed E-state index contributed by atoms with van der Waals surface area (Å²) in [7, 11) is 0. The Balaban J connectivity index is 1.84. The Morgan fingerprint density at radius 3 is 1.85 bits per heavy atom. The molecule has 2 fully saturated rings. The minimum atomic E-state index is -1.71. The standard InChI is InChI=1S/C41H72O14/c1-3-5-7-9-11-12-13-14-15-16-17-19-21-23-25-50-27-30(53-33(43)24-22-20-18-10-8-6-4-2)28-51-40-39(49)37(47)35(45)32(55-40)29-52-41-38(48)36(46)34(44)31(26-42)54-41/h5,7,11-12,14-15,30-32,34-42,44-49H,3-4,6,8-10,13,16-29H2,1-2H3/b7-5-,12-11-,15-14-. The quantitative estimate of drug-likeness (QED) is 0.0316. The molecule has 2 aliphatic heterocycles. The number of carbonyl (C=O) groups is 1. The van der Waals surface area contributed by atoms with Crippen LogP contribution in [0.2, 0.25) is 0 Å². The first-order chi connectivity index (χ1) is 26.6. The number of aliphatic hydroxyl groups excluding tert-OH is 7. The summed E-state index contributed by atoms with van der Waals surface area (Å²) in [5, 5.41) is 71.6. The molecule has 11 atom stereocenters. The van der Waals surface area contributed by atoms with Gasteiger partial charge in [-0.15, -0.1) is 0 Å². The monoisotopic (exact) mass is 788 g/mol. The average molecular weight is 789 g/mol. The molecule has 0 aliphatic carbocycles. The molecule has 0 saturated carbocycles. The second kappa shape index (κ2) is 30.3. The van der Waals surface area contributed by atoms with Crippen molar-refractivity contribution in [3.63, 3.8) is 0 Å². The molecule has 0 radical (unpaired) electrons. The van der Waals surface area contributed by atoms with Crippen LogP contribution >= 0.6 is 0 Å². The number of ether oxygens (including phenoxy) is 6. The third-order valence-corrected chi connectivity index (χ3v) is 9.66. The average Bonchev–Trinajstić information content (AvgIpc) is 3.18. The van der Waals surface area contributed by atoms with Crippen LogP contribution in [-0.4, -0.2) is 142 Å². The predicted molar refractivity (Wildman–Crippen MR) is 206 cm³/mol. The maximum atomic E-state index is 12.8. The maximum absolute atomic E-state index is 12.8. The van der Waals surface area contributed by atoms with Crippen LogP contribution < -0.4 is 0 Å². The Hall–Kier alpha value is -1.79. The molecule has 2 saturated heterocycles. The Bertz CT molecular complexity index is 1050. The van der Waals surface area contributed by atoms with Crippen LogP contribution in [0.1, 0.15) is 117 Å². The zero-order valence-electron chi connectivity index (χ0n) is 33.2. The van der Waals surface area contributed by atoms with E-state index in [1.165, 1.54) is 19.3 Å². The van der Waals surface area contributed by atoms with Gasteiger partial charge in [-0.3, -0.25) is 4.79 Å². The number of rotatable bonds is 30. The molecule has 11 unspecified atom stereocenters. The molecule has 14 nitrogen and oxygen atoms in total. The van der Waals surface area contributed by atoms with E-state index >= 15 is 0 Å². The zero-order chi connectivity index (χ0) is 40.3. The molecule has 14 heteroatoms. The van der Waals surface area contributed by atoms with Crippen LogP contribution in [0.5, 0.6) is 0 Å². The SMILES string of the molecule is CC/C=C\C/C=C\C/C=C\CCCCCCOCC(COC1OC(COC2OC(CO)C(O)C(O)C2O)C(O)C(O)C1O)OC(=O)CCCCCCCCC. The number of unbranched alkanes of at least 4 members (excludes halogenated alkanes) is 10. The Kier molecular flexibility index (Phi) is 27.2. The topological polar surface area (TPSA) is 214 Å². The molecule has 0 bridgehead atoms. The smallest absolute Gasteiger partial charge is 0.306 e. The third kappa shape index (κ3) is 20.0. The van der Waals surface area contributed by atoms with Crippen LogP contribution in [0.4, 0.5) is 0 Å². The molecule has 0 spiro atoms. The summed E-state index contributed by atoms with van der Waals surface area (Å²) in [5.41, 5.74) is 0. The summed E-state index contributed by atoms with van der Waals surface area (Å²) < 4.78 is 33.9.